The number of hydrogen-bond donors (Lipinski definition) is 2. The number of amides is 1. The third-order valence-corrected chi connectivity index (χ3v) is 4.57. The molecule has 0 bridgehead atoms. The van der Waals surface area contributed by atoms with Gasteiger partial charge in [-0.05, 0) is 42.8 Å². The van der Waals surface area contributed by atoms with E-state index in [0.29, 0.717) is 34.1 Å². The Morgan fingerprint density at radius 1 is 1.16 bits per heavy atom. The van der Waals surface area contributed by atoms with Gasteiger partial charge in [0, 0.05) is 30.2 Å². The maximum atomic E-state index is 13.0. The SMILES string of the molecule is Cc1nc(-c2cccc(C(=O)NCCC(O)c3coc(-c4ccc(F)cc4)n3)c2)no1. The molecule has 9 heteroatoms. The van der Waals surface area contributed by atoms with Crippen molar-refractivity contribution in [3.05, 3.63) is 77.8 Å². The number of aliphatic hydroxyl groups excluding tert-OH is 1. The molecular formula is C22H19FN4O4. The Kier molecular flexibility index (Phi) is 5.85. The second-order valence-electron chi connectivity index (χ2n) is 6.86. The highest BCUT2D eigenvalue weighted by atomic mass is 19.1. The van der Waals surface area contributed by atoms with Crippen molar-refractivity contribution in [2.24, 2.45) is 0 Å². The minimum Gasteiger partial charge on any atom is -0.444 e. The highest BCUT2D eigenvalue weighted by Gasteiger charge is 2.16. The lowest BCUT2D eigenvalue weighted by Crippen LogP contribution is -2.25. The summed E-state index contributed by atoms with van der Waals surface area (Å²) in [5.74, 6) is 0.483. The van der Waals surface area contributed by atoms with Crippen LogP contribution in [0.25, 0.3) is 22.8 Å². The summed E-state index contributed by atoms with van der Waals surface area (Å²) in [7, 11) is 0. The van der Waals surface area contributed by atoms with Crippen molar-refractivity contribution in [3.63, 3.8) is 0 Å². The van der Waals surface area contributed by atoms with Gasteiger partial charge in [-0.3, -0.25) is 4.79 Å². The Hall–Kier alpha value is -3.85. The standard InChI is InChI=1S/C22H19FN4O4/c1-13-25-20(27-31-13)15-3-2-4-16(11-15)21(29)24-10-9-19(28)18-12-30-22(26-18)14-5-7-17(23)8-6-14/h2-8,11-12,19,28H,9-10H2,1H3,(H,24,29). The van der Waals surface area contributed by atoms with Crippen LogP contribution in [0, 0.1) is 12.7 Å². The van der Waals surface area contributed by atoms with E-state index in [1.54, 1.807) is 43.3 Å². The normalized spacial score (nSPS) is 12.0. The molecule has 0 spiro atoms. The van der Waals surface area contributed by atoms with E-state index in [-0.39, 0.29) is 30.6 Å². The van der Waals surface area contributed by atoms with Crippen LogP contribution in [0.5, 0.6) is 0 Å². The van der Waals surface area contributed by atoms with Gasteiger partial charge in [0.15, 0.2) is 0 Å². The zero-order valence-corrected chi connectivity index (χ0v) is 16.6. The molecule has 4 aromatic rings. The first-order chi connectivity index (χ1) is 15.0. The van der Waals surface area contributed by atoms with Crippen molar-refractivity contribution in [1.82, 2.24) is 20.4 Å². The zero-order chi connectivity index (χ0) is 21.8. The van der Waals surface area contributed by atoms with Gasteiger partial charge in [0.2, 0.25) is 17.6 Å². The molecule has 1 amide bonds. The smallest absolute Gasteiger partial charge is 0.251 e. The van der Waals surface area contributed by atoms with Crippen LogP contribution in [-0.4, -0.2) is 32.7 Å². The first kappa shape index (κ1) is 20.4. The van der Waals surface area contributed by atoms with E-state index >= 15 is 0 Å². The molecule has 8 nitrogen and oxygen atoms in total. The molecule has 0 saturated heterocycles. The maximum absolute atomic E-state index is 13.0. The summed E-state index contributed by atoms with van der Waals surface area (Å²) in [6.45, 7) is 1.92. The average molecular weight is 422 g/mol. The lowest BCUT2D eigenvalue weighted by Gasteiger charge is -2.09. The van der Waals surface area contributed by atoms with Gasteiger partial charge in [-0.25, -0.2) is 9.37 Å². The second-order valence-corrected chi connectivity index (χ2v) is 6.86. The van der Waals surface area contributed by atoms with Crippen molar-refractivity contribution in [2.45, 2.75) is 19.4 Å². The minimum absolute atomic E-state index is 0.226. The van der Waals surface area contributed by atoms with Crippen molar-refractivity contribution in [3.8, 4) is 22.8 Å². The van der Waals surface area contributed by atoms with E-state index in [9.17, 15) is 14.3 Å². The molecule has 0 aliphatic rings. The molecule has 158 valence electrons. The lowest BCUT2D eigenvalue weighted by molar-refractivity contribution is 0.0942. The molecule has 0 radical (unpaired) electrons. The van der Waals surface area contributed by atoms with E-state index in [1.807, 2.05) is 0 Å². The molecule has 0 aliphatic carbocycles. The van der Waals surface area contributed by atoms with Crippen LogP contribution in [0.1, 0.15) is 34.5 Å². The van der Waals surface area contributed by atoms with Crippen LogP contribution in [0.3, 0.4) is 0 Å². The molecule has 2 aromatic carbocycles. The summed E-state index contributed by atoms with van der Waals surface area (Å²) in [6.07, 6.45) is 0.666. The third kappa shape index (κ3) is 4.84. The lowest BCUT2D eigenvalue weighted by atomic mass is 10.1. The molecule has 1 unspecified atom stereocenters. The average Bonchev–Trinajstić information content (AvgIpc) is 3.44. The minimum atomic E-state index is -0.924. The van der Waals surface area contributed by atoms with Gasteiger partial charge >= 0.3 is 0 Å². The van der Waals surface area contributed by atoms with E-state index in [2.05, 4.69) is 20.4 Å². The summed E-state index contributed by atoms with van der Waals surface area (Å²) in [5, 5.41) is 17.0. The number of nitrogens with one attached hydrogen (secondary N) is 1. The van der Waals surface area contributed by atoms with Gasteiger partial charge in [-0.2, -0.15) is 4.98 Å². The number of carbonyl (C=O) groups is 1. The Bertz CT molecular complexity index is 1190. The molecule has 2 heterocycles. The number of aryl methyl sites for hydroxylation is 1. The summed E-state index contributed by atoms with van der Waals surface area (Å²) in [5.41, 5.74) is 2.04. The molecular weight excluding hydrogens is 403 g/mol. The van der Waals surface area contributed by atoms with Crippen molar-refractivity contribution < 1.29 is 23.2 Å². The van der Waals surface area contributed by atoms with E-state index in [1.165, 1.54) is 18.4 Å². The fraction of sp³-hybridized carbons (Fsp3) is 0.182. The predicted molar refractivity (Wildman–Crippen MR) is 108 cm³/mol. The number of carbonyl (C=O) groups excluding carboxylic acids is 1. The fourth-order valence-corrected chi connectivity index (χ4v) is 2.95. The van der Waals surface area contributed by atoms with Gasteiger partial charge in [0.05, 0.1) is 0 Å². The molecule has 4 rings (SSSR count). The Morgan fingerprint density at radius 3 is 2.71 bits per heavy atom. The van der Waals surface area contributed by atoms with Crippen molar-refractivity contribution in [1.29, 1.82) is 0 Å². The van der Waals surface area contributed by atoms with Crippen LogP contribution >= 0.6 is 0 Å². The monoisotopic (exact) mass is 422 g/mol. The molecule has 2 aromatic heterocycles. The van der Waals surface area contributed by atoms with Crippen LogP contribution < -0.4 is 5.32 Å². The van der Waals surface area contributed by atoms with E-state index < -0.39 is 6.10 Å². The molecule has 2 N–H and O–H groups in total. The van der Waals surface area contributed by atoms with E-state index in [0.717, 1.165) is 0 Å². The number of halogens is 1. The molecule has 0 fully saturated rings. The predicted octanol–water partition coefficient (Wildman–Crippen LogP) is 3.69. The Morgan fingerprint density at radius 2 is 1.97 bits per heavy atom. The van der Waals surface area contributed by atoms with Crippen molar-refractivity contribution in [2.75, 3.05) is 6.54 Å². The number of nitrogens with zero attached hydrogens (tertiary/aromatic N) is 3. The number of oxazole rings is 1. The van der Waals surface area contributed by atoms with Gasteiger partial charge in [0.1, 0.15) is 23.9 Å². The van der Waals surface area contributed by atoms with Crippen LogP contribution in [0.4, 0.5) is 4.39 Å². The summed E-state index contributed by atoms with van der Waals surface area (Å²) >= 11 is 0. The molecule has 0 saturated carbocycles. The number of rotatable bonds is 7. The van der Waals surface area contributed by atoms with Gasteiger partial charge in [-0.1, -0.05) is 17.3 Å². The largest absolute Gasteiger partial charge is 0.444 e. The number of aliphatic hydroxyl groups is 1. The highest BCUT2D eigenvalue weighted by Crippen LogP contribution is 2.23. The topological polar surface area (TPSA) is 114 Å². The fourth-order valence-electron chi connectivity index (χ4n) is 2.95. The maximum Gasteiger partial charge on any atom is 0.251 e. The quantitative estimate of drug-likeness (QED) is 0.467. The summed E-state index contributed by atoms with van der Waals surface area (Å²) in [6, 6.07) is 12.6. The van der Waals surface area contributed by atoms with E-state index in [4.69, 9.17) is 8.94 Å². The van der Waals surface area contributed by atoms with Gasteiger partial charge in [-0.15, -0.1) is 0 Å². The first-order valence-corrected chi connectivity index (χ1v) is 9.58. The summed E-state index contributed by atoms with van der Waals surface area (Å²) in [4.78, 5) is 20.8. The Balaban J connectivity index is 1.33. The summed E-state index contributed by atoms with van der Waals surface area (Å²) < 4.78 is 23.4. The van der Waals surface area contributed by atoms with Crippen LogP contribution in [-0.2, 0) is 0 Å². The zero-order valence-electron chi connectivity index (χ0n) is 16.6. The number of benzene rings is 2. The molecule has 31 heavy (non-hydrogen) atoms. The Labute approximate surface area is 176 Å². The number of aromatic nitrogens is 3. The van der Waals surface area contributed by atoms with Crippen molar-refractivity contribution >= 4 is 5.91 Å². The van der Waals surface area contributed by atoms with Crippen LogP contribution in [0.2, 0.25) is 0 Å². The molecule has 1 atom stereocenters. The van der Waals surface area contributed by atoms with Crippen LogP contribution in [0.15, 0.2) is 63.7 Å². The highest BCUT2D eigenvalue weighted by molar-refractivity contribution is 5.95. The second kappa shape index (κ2) is 8.88. The first-order valence-electron chi connectivity index (χ1n) is 9.58. The van der Waals surface area contributed by atoms with Gasteiger partial charge in [0.25, 0.3) is 5.91 Å². The third-order valence-electron chi connectivity index (χ3n) is 4.57. The van der Waals surface area contributed by atoms with Gasteiger partial charge < -0.3 is 19.4 Å². The number of hydrogen-bond acceptors (Lipinski definition) is 7. The molecule has 0 aliphatic heterocycles.